The maximum absolute atomic E-state index is 12.0. The van der Waals surface area contributed by atoms with E-state index in [1.807, 2.05) is 6.07 Å². The lowest BCUT2D eigenvalue weighted by atomic mass is 10.1. The minimum atomic E-state index is -3.56. The first-order valence-corrected chi connectivity index (χ1v) is 9.40. The second-order valence-corrected chi connectivity index (χ2v) is 7.32. The first kappa shape index (κ1) is 17.6. The van der Waals surface area contributed by atoms with E-state index in [9.17, 15) is 13.2 Å². The van der Waals surface area contributed by atoms with Gasteiger partial charge in [-0.3, -0.25) is 14.5 Å². The normalized spacial score (nSPS) is 15.7. The summed E-state index contributed by atoms with van der Waals surface area (Å²) in [4.78, 5) is 16.3. The molecular weight excluding hydrogens is 352 g/mol. The highest BCUT2D eigenvalue weighted by molar-refractivity contribution is 7.90. The van der Waals surface area contributed by atoms with Crippen molar-refractivity contribution in [1.29, 1.82) is 5.26 Å². The van der Waals surface area contributed by atoms with Gasteiger partial charge in [0.2, 0.25) is 5.91 Å². The molecule has 2 aromatic carbocycles. The molecule has 0 aromatic heterocycles. The van der Waals surface area contributed by atoms with Gasteiger partial charge in [0, 0.05) is 18.5 Å². The van der Waals surface area contributed by atoms with E-state index in [2.05, 4.69) is 15.0 Å². The number of carbonyl (C=O) groups is 1. The van der Waals surface area contributed by atoms with Crippen LogP contribution < -0.4 is 10.0 Å². The van der Waals surface area contributed by atoms with Crippen LogP contribution in [0.3, 0.4) is 0 Å². The molecule has 0 saturated heterocycles. The lowest BCUT2D eigenvalue weighted by molar-refractivity contribution is -0.121. The maximum Gasteiger partial charge on any atom is 0.263 e. The largest absolute Gasteiger partial charge is 0.352 e. The standard InChI is InChI=1S/C18H16N4O3S/c19-11-13-5-7-14(8-6-13)12-21-17(23)9-10-20-18-15-3-1-2-4-16(15)26(24,25)22-18/h1-8H,9-10,12H2,(H,20,22)(H,21,23). The van der Waals surface area contributed by atoms with Crippen LogP contribution in [0.4, 0.5) is 0 Å². The molecule has 0 spiro atoms. The summed E-state index contributed by atoms with van der Waals surface area (Å²) in [5, 5.41) is 11.5. The molecule has 1 aliphatic heterocycles. The number of hydrogen-bond acceptors (Lipinski definition) is 5. The van der Waals surface area contributed by atoms with E-state index in [-0.39, 0.29) is 29.6 Å². The molecule has 2 N–H and O–H groups in total. The second-order valence-electron chi connectivity index (χ2n) is 5.67. The summed E-state index contributed by atoms with van der Waals surface area (Å²) in [7, 11) is -3.56. The lowest BCUT2D eigenvalue weighted by Gasteiger charge is -2.05. The van der Waals surface area contributed by atoms with Gasteiger partial charge in [0.25, 0.3) is 10.0 Å². The first-order valence-electron chi connectivity index (χ1n) is 7.92. The molecule has 1 heterocycles. The number of aliphatic imine (C=N–C) groups is 1. The van der Waals surface area contributed by atoms with Gasteiger partial charge < -0.3 is 5.32 Å². The Morgan fingerprint density at radius 2 is 1.88 bits per heavy atom. The average Bonchev–Trinajstić information content (AvgIpc) is 2.91. The minimum absolute atomic E-state index is 0.143. The van der Waals surface area contributed by atoms with E-state index in [1.54, 1.807) is 42.5 Å². The molecule has 132 valence electrons. The molecule has 0 aliphatic carbocycles. The quantitative estimate of drug-likeness (QED) is 0.828. The third-order valence-corrected chi connectivity index (χ3v) is 5.24. The van der Waals surface area contributed by atoms with E-state index >= 15 is 0 Å². The molecule has 0 fully saturated rings. The van der Waals surface area contributed by atoms with Crippen LogP contribution in [0.15, 0.2) is 58.4 Å². The van der Waals surface area contributed by atoms with Crippen LogP contribution in [0.25, 0.3) is 0 Å². The Morgan fingerprint density at radius 1 is 1.15 bits per heavy atom. The molecule has 0 bridgehead atoms. The fourth-order valence-corrected chi connectivity index (χ4v) is 3.76. The van der Waals surface area contributed by atoms with Crippen molar-refractivity contribution >= 4 is 21.8 Å². The Balaban J connectivity index is 1.54. The van der Waals surface area contributed by atoms with Gasteiger partial charge in [0.15, 0.2) is 0 Å². The van der Waals surface area contributed by atoms with Crippen molar-refractivity contribution in [2.45, 2.75) is 17.9 Å². The van der Waals surface area contributed by atoms with Crippen LogP contribution in [0.5, 0.6) is 0 Å². The van der Waals surface area contributed by atoms with Gasteiger partial charge in [0.1, 0.15) is 5.84 Å². The summed E-state index contributed by atoms with van der Waals surface area (Å²) < 4.78 is 26.4. The topological polar surface area (TPSA) is 111 Å². The lowest BCUT2D eigenvalue weighted by Crippen LogP contribution is -2.25. The fourth-order valence-electron chi connectivity index (χ4n) is 2.51. The number of nitrogens with one attached hydrogen (secondary N) is 2. The molecule has 0 radical (unpaired) electrons. The van der Waals surface area contributed by atoms with Crippen molar-refractivity contribution in [2.24, 2.45) is 4.99 Å². The first-order chi connectivity index (χ1) is 12.5. The molecule has 26 heavy (non-hydrogen) atoms. The summed E-state index contributed by atoms with van der Waals surface area (Å²) in [5.41, 5.74) is 1.97. The van der Waals surface area contributed by atoms with E-state index in [4.69, 9.17) is 5.26 Å². The van der Waals surface area contributed by atoms with Gasteiger partial charge in [-0.15, -0.1) is 0 Å². The number of amidine groups is 1. The Bertz CT molecular complexity index is 1010. The molecule has 0 atom stereocenters. The molecule has 7 nitrogen and oxygen atoms in total. The number of benzene rings is 2. The molecule has 1 amide bonds. The van der Waals surface area contributed by atoms with E-state index in [0.29, 0.717) is 17.7 Å². The van der Waals surface area contributed by atoms with Crippen LogP contribution in [0.1, 0.15) is 23.1 Å². The highest BCUT2D eigenvalue weighted by Gasteiger charge is 2.29. The van der Waals surface area contributed by atoms with Gasteiger partial charge in [-0.25, -0.2) is 8.42 Å². The molecule has 8 heteroatoms. The molecule has 3 rings (SSSR count). The Labute approximate surface area is 151 Å². The Hall–Kier alpha value is -3.18. The fraction of sp³-hybridized carbons (Fsp3) is 0.167. The van der Waals surface area contributed by atoms with Crippen molar-refractivity contribution < 1.29 is 13.2 Å². The molecule has 2 aromatic rings. The van der Waals surface area contributed by atoms with Crippen molar-refractivity contribution in [3.05, 3.63) is 65.2 Å². The van der Waals surface area contributed by atoms with Gasteiger partial charge in [0.05, 0.1) is 23.1 Å². The zero-order valence-corrected chi connectivity index (χ0v) is 14.6. The van der Waals surface area contributed by atoms with Crippen LogP contribution >= 0.6 is 0 Å². The summed E-state index contributed by atoms with van der Waals surface area (Å²) in [6.45, 7) is 0.530. The summed E-state index contributed by atoms with van der Waals surface area (Å²) in [6.07, 6.45) is 0.143. The van der Waals surface area contributed by atoms with Crippen LogP contribution in [0, 0.1) is 11.3 Å². The summed E-state index contributed by atoms with van der Waals surface area (Å²) in [5.74, 6) is 0.0772. The van der Waals surface area contributed by atoms with E-state index in [1.165, 1.54) is 6.07 Å². The van der Waals surface area contributed by atoms with Crippen LogP contribution in [-0.4, -0.2) is 26.7 Å². The Morgan fingerprint density at radius 3 is 2.62 bits per heavy atom. The summed E-state index contributed by atoms with van der Waals surface area (Å²) >= 11 is 0. The number of carbonyl (C=O) groups excluding carboxylic acids is 1. The monoisotopic (exact) mass is 368 g/mol. The number of nitriles is 1. The van der Waals surface area contributed by atoms with Crippen molar-refractivity contribution in [3.63, 3.8) is 0 Å². The number of amides is 1. The van der Waals surface area contributed by atoms with Crippen molar-refractivity contribution in [2.75, 3.05) is 6.54 Å². The smallest absolute Gasteiger partial charge is 0.263 e. The molecular formula is C18H16N4O3S. The number of nitrogens with zero attached hydrogens (tertiary/aromatic N) is 2. The van der Waals surface area contributed by atoms with Crippen LogP contribution in [-0.2, 0) is 21.4 Å². The third kappa shape index (κ3) is 3.90. The minimum Gasteiger partial charge on any atom is -0.352 e. The predicted octanol–water partition coefficient (Wildman–Crippen LogP) is 1.30. The number of sulfonamides is 1. The average molecular weight is 368 g/mol. The van der Waals surface area contributed by atoms with Crippen molar-refractivity contribution in [3.8, 4) is 6.07 Å². The number of fused-ring (bicyclic) bond motifs is 1. The molecule has 1 aliphatic rings. The predicted molar refractivity (Wildman–Crippen MR) is 95.8 cm³/mol. The van der Waals surface area contributed by atoms with Gasteiger partial charge in [-0.1, -0.05) is 24.3 Å². The van der Waals surface area contributed by atoms with Crippen molar-refractivity contribution in [1.82, 2.24) is 10.0 Å². The maximum atomic E-state index is 12.0. The zero-order chi connectivity index (χ0) is 18.6. The number of rotatable bonds is 5. The molecule has 0 saturated carbocycles. The second kappa shape index (κ2) is 7.37. The van der Waals surface area contributed by atoms with Gasteiger partial charge in [-0.2, -0.15) is 5.26 Å². The Kier molecular flexibility index (Phi) is 5.00. The van der Waals surface area contributed by atoms with Crippen LogP contribution in [0.2, 0.25) is 0 Å². The van der Waals surface area contributed by atoms with Gasteiger partial charge >= 0.3 is 0 Å². The number of hydrogen-bond donors (Lipinski definition) is 2. The zero-order valence-electron chi connectivity index (χ0n) is 13.8. The van der Waals surface area contributed by atoms with E-state index < -0.39 is 10.0 Å². The van der Waals surface area contributed by atoms with E-state index in [0.717, 1.165) is 5.56 Å². The SMILES string of the molecule is N#Cc1ccc(CNC(=O)CCN=C2NS(=O)(=O)c3ccccc32)cc1. The third-order valence-electron chi connectivity index (χ3n) is 3.84. The highest BCUT2D eigenvalue weighted by atomic mass is 32.2. The summed E-state index contributed by atoms with van der Waals surface area (Å²) in [6, 6.07) is 15.6. The molecule has 0 unspecified atom stereocenters. The highest BCUT2D eigenvalue weighted by Crippen LogP contribution is 2.22. The van der Waals surface area contributed by atoms with Gasteiger partial charge in [-0.05, 0) is 29.8 Å².